The van der Waals surface area contributed by atoms with Crippen molar-refractivity contribution in [3.63, 3.8) is 0 Å². The lowest BCUT2D eigenvalue weighted by molar-refractivity contribution is -0.136. The first kappa shape index (κ1) is 19.0. The fourth-order valence-electron chi connectivity index (χ4n) is 4.39. The van der Waals surface area contributed by atoms with E-state index in [2.05, 4.69) is 10.6 Å². The highest BCUT2D eigenvalue weighted by Crippen LogP contribution is 2.41. The molecule has 2 atom stereocenters. The van der Waals surface area contributed by atoms with Gasteiger partial charge in [-0.15, -0.1) is 11.8 Å². The largest absolute Gasteiger partial charge is 0.493 e. The number of carbonyl (C=O) groups is 3. The Labute approximate surface area is 178 Å². The van der Waals surface area contributed by atoms with E-state index < -0.39 is 17.5 Å². The monoisotopic (exact) mass is 423 g/mol. The second-order valence-electron chi connectivity index (χ2n) is 7.62. The summed E-state index contributed by atoms with van der Waals surface area (Å²) in [5.74, 6) is 0.742. The van der Waals surface area contributed by atoms with Gasteiger partial charge in [0.2, 0.25) is 5.91 Å². The number of nitrogens with zero attached hydrogens (tertiary/aromatic N) is 1. The summed E-state index contributed by atoms with van der Waals surface area (Å²) in [6, 6.07) is 14.5. The third-order valence-corrected chi connectivity index (χ3v) is 6.98. The van der Waals surface area contributed by atoms with Crippen LogP contribution in [0.15, 0.2) is 53.4 Å². The summed E-state index contributed by atoms with van der Waals surface area (Å²) in [5.41, 5.74) is 0.546. The van der Waals surface area contributed by atoms with E-state index in [9.17, 15) is 14.4 Å². The number of para-hydroxylation sites is 1. The van der Waals surface area contributed by atoms with Gasteiger partial charge in [-0.2, -0.15) is 0 Å². The number of ether oxygens (including phenoxy) is 1. The van der Waals surface area contributed by atoms with Crippen LogP contribution in [-0.4, -0.2) is 41.6 Å². The van der Waals surface area contributed by atoms with Crippen LogP contribution in [0.4, 0.5) is 4.79 Å². The summed E-state index contributed by atoms with van der Waals surface area (Å²) >= 11 is 1.77. The highest BCUT2D eigenvalue weighted by Gasteiger charge is 2.55. The molecule has 3 aliphatic rings. The van der Waals surface area contributed by atoms with Crippen molar-refractivity contribution in [1.82, 2.24) is 15.5 Å². The molecule has 3 heterocycles. The Hall–Kier alpha value is -3.00. The molecule has 1 saturated heterocycles. The van der Waals surface area contributed by atoms with Gasteiger partial charge in [0.25, 0.3) is 5.91 Å². The minimum absolute atomic E-state index is 0.117. The molecule has 4 amide bonds. The van der Waals surface area contributed by atoms with E-state index >= 15 is 0 Å². The topological polar surface area (TPSA) is 87.7 Å². The molecule has 1 spiro atoms. The van der Waals surface area contributed by atoms with Crippen LogP contribution in [0, 0.1) is 0 Å². The number of thioether (sulfide) groups is 1. The van der Waals surface area contributed by atoms with Crippen molar-refractivity contribution in [2.24, 2.45) is 0 Å². The quantitative estimate of drug-likeness (QED) is 0.741. The molecule has 0 radical (unpaired) electrons. The van der Waals surface area contributed by atoms with E-state index in [4.69, 9.17) is 4.74 Å². The second kappa shape index (κ2) is 7.36. The summed E-state index contributed by atoms with van der Waals surface area (Å²) in [5, 5.41) is 5.83. The molecule has 0 aromatic heterocycles. The van der Waals surface area contributed by atoms with Crippen molar-refractivity contribution in [3.05, 3.63) is 59.7 Å². The number of hydrogen-bond donors (Lipinski definition) is 2. The summed E-state index contributed by atoms with van der Waals surface area (Å²) in [7, 11) is 0. The Morgan fingerprint density at radius 2 is 2.00 bits per heavy atom. The van der Waals surface area contributed by atoms with E-state index in [1.807, 2.05) is 36.4 Å². The molecule has 8 heteroatoms. The van der Waals surface area contributed by atoms with Crippen LogP contribution in [0.3, 0.4) is 0 Å². The first-order chi connectivity index (χ1) is 14.6. The molecule has 1 fully saturated rings. The van der Waals surface area contributed by atoms with Crippen molar-refractivity contribution >= 4 is 29.6 Å². The number of imide groups is 1. The van der Waals surface area contributed by atoms with Gasteiger partial charge in [-0.05, 0) is 24.1 Å². The zero-order chi connectivity index (χ0) is 20.7. The zero-order valence-corrected chi connectivity index (χ0v) is 17.0. The van der Waals surface area contributed by atoms with Crippen molar-refractivity contribution < 1.29 is 19.1 Å². The van der Waals surface area contributed by atoms with Crippen molar-refractivity contribution in [1.29, 1.82) is 0 Å². The average Bonchev–Trinajstić information content (AvgIpc) is 2.99. The molecule has 5 rings (SSSR count). The Bertz CT molecular complexity index is 1040. The minimum atomic E-state index is -1.17. The Balaban J connectivity index is 1.34. The maximum atomic E-state index is 13.3. The van der Waals surface area contributed by atoms with E-state index in [1.165, 1.54) is 0 Å². The Kier molecular flexibility index (Phi) is 4.66. The summed E-state index contributed by atoms with van der Waals surface area (Å²) in [4.78, 5) is 40.9. The molecule has 2 aromatic rings. The third-order valence-electron chi connectivity index (χ3n) is 5.85. The summed E-state index contributed by atoms with van der Waals surface area (Å²) in [6.07, 6.45) is 1.14. The molecule has 3 aliphatic heterocycles. The Morgan fingerprint density at radius 3 is 2.90 bits per heavy atom. The SMILES string of the molecule is O=C(CN1C(=O)N[C@@]2(CCOc3ccccc32)C1=O)N[C@H]1CCSc2ccccc21. The molecule has 0 aliphatic carbocycles. The van der Waals surface area contributed by atoms with E-state index in [1.54, 1.807) is 23.9 Å². The van der Waals surface area contributed by atoms with Gasteiger partial charge < -0.3 is 15.4 Å². The number of carbonyl (C=O) groups excluding carboxylic acids is 3. The van der Waals surface area contributed by atoms with Crippen molar-refractivity contribution in [2.75, 3.05) is 18.9 Å². The predicted octanol–water partition coefficient (Wildman–Crippen LogP) is 2.57. The van der Waals surface area contributed by atoms with E-state index in [-0.39, 0.29) is 18.5 Å². The standard InChI is InChI=1S/C22H21N3O4S/c26-19(23-16-9-12-30-18-8-4-1-5-14(16)18)13-25-20(27)22(24-21(25)28)10-11-29-17-7-3-2-6-15(17)22/h1-8,16H,9-13H2,(H,23,26)(H,24,28)/t16-,22+/m0/s1. The second-order valence-corrected chi connectivity index (χ2v) is 8.75. The molecule has 0 bridgehead atoms. The molecule has 154 valence electrons. The van der Waals surface area contributed by atoms with Crippen LogP contribution >= 0.6 is 11.8 Å². The third kappa shape index (κ3) is 3.02. The normalized spacial score (nSPS) is 24.7. The molecule has 0 unspecified atom stereocenters. The van der Waals surface area contributed by atoms with Crippen LogP contribution in [0.1, 0.15) is 30.0 Å². The van der Waals surface area contributed by atoms with Gasteiger partial charge >= 0.3 is 6.03 Å². The van der Waals surface area contributed by atoms with Gasteiger partial charge in [-0.3, -0.25) is 14.5 Å². The molecule has 2 N–H and O–H groups in total. The first-order valence-electron chi connectivity index (χ1n) is 9.96. The van der Waals surface area contributed by atoms with Gasteiger partial charge in [0.15, 0.2) is 5.54 Å². The highest BCUT2D eigenvalue weighted by atomic mass is 32.2. The van der Waals surface area contributed by atoms with Gasteiger partial charge in [-0.1, -0.05) is 36.4 Å². The predicted molar refractivity (Wildman–Crippen MR) is 111 cm³/mol. The van der Waals surface area contributed by atoms with Gasteiger partial charge in [0, 0.05) is 22.6 Å². The number of fused-ring (bicyclic) bond motifs is 3. The smallest absolute Gasteiger partial charge is 0.325 e. The zero-order valence-electron chi connectivity index (χ0n) is 16.2. The lowest BCUT2D eigenvalue weighted by Gasteiger charge is -2.33. The maximum Gasteiger partial charge on any atom is 0.325 e. The lowest BCUT2D eigenvalue weighted by atomic mass is 9.84. The number of nitrogens with one attached hydrogen (secondary N) is 2. The summed E-state index contributed by atoms with van der Waals surface area (Å²) in [6.45, 7) is 0.0147. The molecule has 7 nitrogen and oxygen atoms in total. The minimum Gasteiger partial charge on any atom is -0.493 e. The number of benzene rings is 2. The van der Waals surface area contributed by atoms with Gasteiger partial charge in [-0.25, -0.2) is 4.79 Å². The molecule has 0 saturated carbocycles. The molecular formula is C22H21N3O4S. The van der Waals surface area contributed by atoms with Gasteiger partial charge in [0.05, 0.1) is 12.6 Å². The van der Waals surface area contributed by atoms with E-state index in [0.717, 1.165) is 27.5 Å². The highest BCUT2D eigenvalue weighted by molar-refractivity contribution is 7.99. The van der Waals surface area contributed by atoms with Gasteiger partial charge in [0.1, 0.15) is 12.3 Å². The number of rotatable bonds is 3. The molecular weight excluding hydrogens is 402 g/mol. The van der Waals surface area contributed by atoms with Crippen molar-refractivity contribution in [3.8, 4) is 5.75 Å². The van der Waals surface area contributed by atoms with Crippen LogP contribution in [-0.2, 0) is 15.1 Å². The van der Waals surface area contributed by atoms with Crippen molar-refractivity contribution in [2.45, 2.75) is 29.3 Å². The number of urea groups is 1. The average molecular weight is 423 g/mol. The molecule has 30 heavy (non-hydrogen) atoms. The lowest BCUT2D eigenvalue weighted by Crippen LogP contribution is -2.48. The summed E-state index contributed by atoms with van der Waals surface area (Å²) < 4.78 is 5.64. The fourth-order valence-corrected chi connectivity index (χ4v) is 5.52. The van der Waals surface area contributed by atoms with Crippen LogP contribution in [0.2, 0.25) is 0 Å². The fraction of sp³-hybridized carbons (Fsp3) is 0.318. The first-order valence-corrected chi connectivity index (χ1v) is 10.9. The Morgan fingerprint density at radius 1 is 1.20 bits per heavy atom. The number of hydrogen-bond acceptors (Lipinski definition) is 5. The van der Waals surface area contributed by atoms with Crippen LogP contribution in [0.25, 0.3) is 0 Å². The maximum absolute atomic E-state index is 13.3. The van der Waals surface area contributed by atoms with Crippen LogP contribution < -0.4 is 15.4 Å². The molecule has 2 aromatic carbocycles. The van der Waals surface area contributed by atoms with E-state index in [0.29, 0.717) is 24.3 Å². The number of amides is 4. The van der Waals surface area contributed by atoms with Crippen LogP contribution in [0.5, 0.6) is 5.75 Å².